The summed E-state index contributed by atoms with van der Waals surface area (Å²) in [5.74, 6) is -0.274. The van der Waals surface area contributed by atoms with E-state index in [1.165, 1.54) is 7.11 Å². The molecule has 28 heavy (non-hydrogen) atoms. The number of fused-ring (bicyclic) bond motifs is 1. The molecule has 0 atom stereocenters. The van der Waals surface area contributed by atoms with Crippen LogP contribution in [0.15, 0.2) is 33.5 Å². The third-order valence-corrected chi connectivity index (χ3v) is 6.10. The number of nitrogens with one attached hydrogen (secondary N) is 1. The summed E-state index contributed by atoms with van der Waals surface area (Å²) in [4.78, 5) is 32.7. The number of rotatable bonds is 6. The highest BCUT2D eigenvalue weighted by Crippen LogP contribution is 2.30. The first kappa shape index (κ1) is 20.7. The first-order valence-corrected chi connectivity index (χ1v) is 10.2. The van der Waals surface area contributed by atoms with E-state index >= 15 is 0 Å². The number of halogens is 2. The number of nitrogens with zero attached hydrogens (tertiary/aromatic N) is 1. The van der Waals surface area contributed by atoms with Gasteiger partial charge in [-0.15, -0.1) is 11.3 Å². The Morgan fingerprint density at radius 2 is 2.11 bits per heavy atom. The van der Waals surface area contributed by atoms with E-state index in [9.17, 15) is 9.59 Å². The van der Waals surface area contributed by atoms with Gasteiger partial charge in [0.15, 0.2) is 5.82 Å². The van der Waals surface area contributed by atoms with Gasteiger partial charge in [-0.1, -0.05) is 45.7 Å². The molecule has 3 rings (SSSR count). The van der Waals surface area contributed by atoms with Crippen LogP contribution in [0.3, 0.4) is 0 Å². The van der Waals surface area contributed by atoms with Crippen LogP contribution >= 0.6 is 38.9 Å². The number of hydrogen-bond donors (Lipinski definition) is 1. The second-order valence-corrected chi connectivity index (χ2v) is 8.05. The van der Waals surface area contributed by atoms with Crippen LogP contribution in [-0.2, 0) is 9.47 Å². The predicted molar refractivity (Wildman–Crippen MR) is 115 cm³/mol. The van der Waals surface area contributed by atoms with Crippen molar-refractivity contribution in [1.29, 1.82) is 0 Å². The van der Waals surface area contributed by atoms with Gasteiger partial charge >= 0.3 is 5.97 Å². The van der Waals surface area contributed by atoms with Crippen molar-refractivity contribution >= 4 is 66.2 Å². The Kier molecular flexibility index (Phi) is 6.66. The van der Waals surface area contributed by atoms with Crippen molar-refractivity contribution in [3.63, 3.8) is 0 Å². The van der Waals surface area contributed by atoms with Gasteiger partial charge in [-0.05, 0) is 30.2 Å². The lowest BCUT2D eigenvalue weighted by Gasteiger charge is -2.02. The summed E-state index contributed by atoms with van der Waals surface area (Å²) in [6.07, 6.45) is 1.70. The van der Waals surface area contributed by atoms with E-state index in [0.717, 1.165) is 21.4 Å². The normalized spacial score (nSPS) is 11.8. The zero-order chi connectivity index (χ0) is 20.3. The molecule has 1 N–H and O–H groups in total. The summed E-state index contributed by atoms with van der Waals surface area (Å²) in [6, 6.07) is 7.54. The van der Waals surface area contributed by atoms with Crippen LogP contribution in [0.2, 0.25) is 0 Å². The number of aromatic nitrogens is 2. The molecule has 0 amide bonds. The minimum absolute atomic E-state index is 0.137. The summed E-state index contributed by atoms with van der Waals surface area (Å²) in [6.45, 7) is 2.13. The van der Waals surface area contributed by atoms with Crippen molar-refractivity contribution in [2.75, 3.05) is 20.3 Å². The number of H-pyrrole nitrogens is 1. The fraction of sp³-hybridized carbons (Fsp3) is 0.211. The molecule has 9 heteroatoms. The number of methoxy groups -OCH3 is 1. The first-order valence-electron chi connectivity index (χ1n) is 8.24. The lowest BCUT2D eigenvalue weighted by Crippen LogP contribution is -2.11. The smallest absolute Gasteiger partial charge is 0.348 e. The van der Waals surface area contributed by atoms with E-state index in [4.69, 9.17) is 21.1 Å². The number of esters is 1. The quantitative estimate of drug-likeness (QED) is 0.409. The standard InChI is InChI=1S/C19H16BrClN2O4S/c1-10-14-17(24)22-16(13(21)9-11-5-3-4-6-12(11)20)23-18(14)28-15(10)19(25)27-8-7-26-2/h3-6,9H,7-8H2,1-2H3,(H,22,23,24)/b13-9-. The Morgan fingerprint density at radius 1 is 1.36 bits per heavy atom. The Bertz CT molecular complexity index is 1120. The van der Waals surface area contributed by atoms with Crippen LogP contribution in [0.5, 0.6) is 0 Å². The van der Waals surface area contributed by atoms with Gasteiger partial charge in [0, 0.05) is 11.6 Å². The molecule has 2 heterocycles. The molecule has 2 aromatic heterocycles. The summed E-state index contributed by atoms with van der Waals surface area (Å²) in [7, 11) is 1.52. The van der Waals surface area contributed by atoms with E-state index in [2.05, 4.69) is 25.9 Å². The van der Waals surface area contributed by atoms with Crippen molar-refractivity contribution in [3.8, 4) is 0 Å². The lowest BCUT2D eigenvalue weighted by atomic mass is 10.2. The van der Waals surface area contributed by atoms with Gasteiger partial charge in [0.05, 0.1) is 17.0 Å². The SMILES string of the molecule is COCCOC(=O)c1sc2nc(/C(Cl)=C/c3ccccc3Br)[nH]c(=O)c2c1C. The van der Waals surface area contributed by atoms with Crippen molar-refractivity contribution in [3.05, 3.63) is 60.9 Å². The minimum atomic E-state index is -0.506. The highest BCUT2D eigenvalue weighted by atomic mass is 79.9. The molecule has 0 radical (unpaired) electrons. The molecule has 0 aliphatic heterocycles. The monoisotopic (exact) mass is 482 g/mol. The Morgan fingerprint density at radius 3 is 2.82 bits per heavy atom. The molecule has 146 valence electrons. The summed E-state index contributed by atoms with van der Waals surface area (Å²) >= 11 is 10.9. The van der Waals surface area contributed by atoms with Crippen LogP contribution in [-0.4, -0.2) is 36.3 Å². The Balaban J connectivity index is 2.00. The topological polar surface area (TPSA) is 81.3 Å². The first-order chi connectivity index (χ1) is 13.4. The van der Waals surface area contributed by atoms with Gasteiger partial charge in [-0.2, -0.15) is 0 Å². The zero-order valence-corrected chi connectivity index (χ0v) is 18.2. The molecule has 0 saturated heterocycles. The number of thiophene rings is 1. The molecule has 0 bridgehead atoms. The summed E-state index contributed by atoms with van der Waals surface area (Å²) < 4.78 is 10.9. The molecule has 0 aliphatic carbocycles. The van der Waals surface area contributed by atoms with Crippen LogP contribution in [0.4, 0.5) is 0 Å². The number of carbonyl (C=O) groups is 1. The molecular formula is C19H16BrClN2O4S. The van der Waals surface area contributed by atoms with Crippen LogP contribution in [0.25, 0.3) is 21.3 Å². The molecule has 0 aliphatic rings. The third-order valence-electron chi connectivity index (χ3n) is 3.92. The van der Waals surface area contributed by atoms with Crippen molar-refractivity contribution in [2.45, 2.75) is 6.92 Å². The zero-order valence-electron chi connectivity index (χ0n) is 15.0. The van der Waals surface area contributed by atoms with Crippen molar-refractivity contribution < 1.29 is 14.3 Å². The highest BCUT2D eigenvalue weighted by molar-refractivity contribution is 9.10. The predicted octanol–water partition coefficient (Wildman–Crippen LogP) is 4.60. The summed E-state index contributed by atoms with van der Waals surface area (Å²) in [5.41, 5.74) is 1.03. The molecule has 6 nitrogen and oxygen atoms in total. The van der Waals surface area contributed by atoms with Gasteiger partial charge in [-0.25, -0.2) is 9.78 Å². The van der Waals surface area contributed by atoms with E-state index < -0.39 is 5.97 Å². The van der Waals surface area contributed by atoms with Gasteiger partial charge in [0.2, 0.25) is 0 Å². The fourth-order valence-electron chi connectivity index (χ4n) is 2.53. The molecule has 0 unspecified atom stereocenters. The van der Waals surface area contributed by atoms with E-state index in [1.54, 1.807) is 13.0 Å². The highest BCUT2D eigenvalue weighted by Gasteiger charge is 2.21. The van der Waals surface area contributed by atoms with Gasteiger partial charge < -0.3 is 14.5 Å². The molecule has 0 spiro atoms. The maximum absolute atomic E-state index is 12.6. The lowest BCUT2D eigenvalue weighted by molar-refractivity contribution is 0.0393. The molecule has 0 saturated carbocycles. The van der Waals surface area contributed by atoms with E-state index in [0.29, 0.717) is 27.3 Å². The second kappa shape index (κ2) is 9.00. The fourth-order valence-corrected chi connectivity index (χ4v) is 4.21. The number of aryl methyl sites for hydroxylation is 1. The largest absolute Gasteiger partial charge is 0.459 e. The van der Waals surface area contributed by atoms with Crippen molar-refractivity contribution in [2.24, 2.45) is 0 Å². The van der Waals surface area contributed by atoms with Crippen molar-refractivity contribution in [1.82, 2.24) is 9.97 Å². The average Bonchev–Trinajstić information content (AvgIpc) is 3.01. The Hall–Kier alpha value is -2.00. The van der Waals surface area contributed by atoms with Gasteiger partial charge in [-0.3, -0.25) is 4.79 Å². The minimum Gasteiger partial charge on any atom is -0.459 e. The molecule has 1 aromatic carbocycles. The molecule has 0 fully saturated rings. The van der Waals surface area contributed by atoms with E-state index in [-0.39, 0.29) is 23.0 Å². The Labute approximate surface area is 178 Å². The average molecular weight is 484 g/mol. The number of aromatic amines is 1. The number of benzene rings is 1. The van der Waals surface area contributed by atoms with Crippen LogP contribution < -0.4 is 5.56 Å². The van der Waals surface area contributed by atoms with Gasteiger partial charge in [0.25, 0.3) is 5.56 Å². The second-order valence-electron chi connectivity index (χ2n) is 5.79. The van der Waals surface area contributed by atoms with Crippen LogP contribution in [0, 0.1) is 6.92 Å². The summed E-state index contributed by atoms with van der Waals surface area (Å²) in [5, 5.41) is 0.638. The van der Waals surface area contributed by atoms with E-state index in [1.807, 2.05) is 24.3 Å². The maximum Gasteiger partial charge on any atom is 0.348 e. The number of carbonyl (C=O) groups excluding carboxylic acids is 1. The number of ether oxygens (including phenoxy) is 2. The maximum atomic E-state index is 12.6. The third kappa shape index (κ3) is 4.35. The molecule has 3 aromatic rings. The molecular weight excluding hydrogens is 468 g/mol. The van der Waals surface area contributed by atoms with Gasteiger partial charge in [0.1, 0.15) is 16.3 Å². The number of hydrogen-bond acceptors (Lipinski definition) is 6. The van der Waals surface area contributed by atoms with Crippen LogP contribution in [0.1, 0.15) is 26.6 Å².